The molecular formula is C13H17ClN2O5. The molecule has 0 unspecified atom stereocenters. The van der Waals surface area contributed by atoms with E-state index in [0.717, 1.165) is 0 Å². The molecule has 0 bridgehead atoms. The molecule has 0 aliphatic carbocycles. The number of nitrogens with one attached hydrogen (secondary N) is 1. The molecule has 0 radical (unpaired) electrons. The predicted molar refractivity (Wildman–Crippen MR) is 77.6 cm³/mol. The molecule has 0 aromatic heterocycles. The van der Waals surface area contributed by atoms with Crippen LogP contribution in [-0.4, -0.2) is 30.7 Å². The SMILES string of the molecule is CCOC(=O)[C@@H](C)NCc1c([N+](=O)[O-])ccc(OC)c1Cl. The monoisotopic (exact) mass is 316 g/mol. The quantitative estimate of drug-likeness (QED) is 0.471. The third kappa shape index (κ3) is 4.30. The molecule has 21 heavy (non-hydrogen) atoms. The van der Waals surface area contributed by atoms with Crippen LogP contribution in [0, 0.1) is 10.1 Å². The Kier molecular flexibility index (Phi) is 6.39. The number of methoxy groups -OCH3 is 1. The lowest BCUT2D eigenvalue weighted by molar-refractivity contribution is -0.385. The van der Waals surface area contributed by atoms with Gasteiger partial charge in [0.1, 0.15) is 11.8 Å². The van der Waals surface area contributed by atoms with Crippen LogP contribution in [0.25, 0.3) is 0 Å². The van der Waals surface area contributed by atoms with Gasteiger partial charge in [0.15, 0.2) is 0 Å². The maximum absolute atomic E-state index is 11.5. The highest BCUT2D eigenvalue weighted by molar-refractivity contribution is 6.33. The molecule has 7 nitrogen and oxygen atoms in total. The molecule has 0 saturated heterocycles. The third-order valence-corrected chi connectivity index (χ3v) is 3.24. The number of benzene rings is 1. The zero-order valence-corrected chi connectivity index (χ0v) is 12.8. The Balaban J connectivity index is 2.95. The summed E-state index contributed by atoms with van der Waals surface area (Å²) in [4.78, 5) is 22.0. The highest BCUT2D eigenvalue weighted by Crippen LogP contribution is 2.34. The van der Waals surface area contributed by atoms with Crippen LogP contribution in [0.15, 0.2) is 12.1 Å². The number of nitrogens with zero attached hydrogens (tertiary/aromatic N) is 1. The van der Waals surface area contributed by atoms with Gasteiger partial charge in [-0.1, -0.05) is 11.6 Å². The molecule has 0 fully saturated rings. The van der Waals surface area contributed by atoms with Crippen LogP contribution in [0.5, 0.6) is 5.75 Å². The first kappa shape index (κ1) is 17.2. The van der Waals surface area contributed by atoms with Gasteiger partial charge in [-0.3, -0.25) is 14.9 Å². The van der Waals surface area contributed by atoms with Crippen LogP contribution < -0.4 is 10.1 Å². The number of ether oxygens (including phenoxy) is 2. The first-order valence-electron chi connectivity index (χ1n) is 6.32. The van der Waals surface area contributed by atoms with Crippen molar-refractivity contribution < 1.29 is 19.2 Å². The Morgan fingerprint density at radius 3 is 2.71 bits per heavy atom. The van der Waals surface area contributed by atoms with Crippen molar-refractivity contribution in [1.82, 2.24) is 5.32 Å². The summed E-state index contributed by atoms with van der Waals surface area (Å²) in [6.07, 6.45) is 0. The molecule has 1 N–H and O–H groups in total. The normalized spacial score (nSPS) is 11.8. The van der Waals surface area contributed by atoms with Crippen molar-refractivity contribution in [2.45, 2.75) is 26.4 Å². The summed E-state index contributed by atoms with van der Waals surface area (Å²) in [5.41, 5.74) is 0.126. The number of nitro benzene ring substituents is 1. The standard InChI is InChI=1S/C13H17ClN2O5/c1-4-21-13(17)8(2)15-7-9-10(16(18)19)5-6-11(20-3)12(9)14/h5-6,8,15H,4,7H2,1-3H3/t8-/m1/s1. The van der Waals surface area contributed by atoms with E-state index in [-0.39, 0.29) is 29.4 Å². The molecule has 0 aliphatic rings. The van der Waals surface area contributed by atoms with Crippen LogP contribution in [0.3, 0.4) is 0 Å². The van der Waals surface area contributed by atoms with Gasteiger partial charge in [-0.15, -0.1) is 0 Å². The second-order valence-corrected chi connectivity index (χ2v) is 4.57. The van der Waals surface area contributed by atoms with Crippen molar-refractivity contribution in [3.63, 3.8) is 0 Å². The molecule has 0 aliphatic heterocycles. The lowest BCUT2D eigenvalue weighted by Crippen LogP contribution is -2.35. The van der Waals surface area contributed by atoms with E-state index >= 15 is 0 Å². The Hall–Kier alpha value is -1.86. The van der Waals surface area contributed by atoms with E-state index in [4.69, 9.17) is 21.1 Å². The number of carbonyl (C=O) groups is 1. The minimum absolute atomic E-state index is 0.0479. The van der Waals surface area contributed by atoms with Crippen molar-refractivity contribution in [3.05, 3.63) is 32.8 Å². The van der Waals surface area contributed by atoms with Gasteiger partial charge in [-0.05, 0) is 19.9 Å². The fourth-order valence-corrected chi connectivity index (χ4v) is 2.00. The molecule has 1 atom stereocenters. The molecule has 116 valence electrons. The second-order valence-electron chi connectivity index (χ2n) is 4.19. The maximum Gasteiger partial charge on any atom is 0.322 e. The lowest BCUT2D eigenvalue weighted by Gasteiger charge is -2.14. The highest BCUT2D eigenvalue weighted by atomic mass is 35.5. The number of carbonyl (C=O) groups excluding carboxylic acids is 1. The zero-order chi connectivity index (χ0) is 16.0. The molecular weight excluding hydrogens is 300 g/mol. The van der Waals surface area contributed by atoms with E-state index in [1.807, 2.05) is 0 Å². The van der Waals surface area contributed by atoms with E-state index in [1.54, 1.807) is 13.8 Å². The number of halogens is 1. The molecule has 0 heterocycles. The second kappa shape index (κ2) is 7.80. The van der Waals surface area contributed by atoms with E-state index in [0.29, 0.717) is 5.75 Å². The molecule has 1 rings (SSSR count). The summed E-state index contributed by atoms with van der Waals surface area (Å²) in [5, 5.41) is 14.0. The Bertz CT molecular complexity index is 536. The average molecular weight is 317 g/mol. The molecule has 1 aromatic rings. The van der Waals surface area contributed by atoms with Gasteiger partial charge in [0.05, 0.1) is 29.2 Å². The summed E-state index contributed by atoms with van der Waals surface area (Å²) in [6, 6.07) is 2.14. The number of rotatable bonds is 7. The van der Waals surface area contributed by atoms with Crippen LogP contribution in [-0.2, 0) is 16.1 Å². The number of esters is 1. The molecule has 0 amide bonds. The van der Waals surface area contributed by atoms with Crippen molar-refractivity contribution in [2.24, 2.45) is 0 Å². The van der Waals surface area contributed by atoms with Gasteiger partial charge in [0.25, 0.3) is 5.69 Å². The summed E-state index contributed by atoms with van der Waals surface area (Å²) >= 11 is 6.10. The molecule has 0 saturated carbocycles. The molecule has 0 spiro atoms. The lowest BCUT2D eigenvalue weighted by atomic mass is 10.1. The van der Waals surface area contributed by atoms with E-state index in [2.05, 4.69) is 5.32 Å². The molecule has 1 aromatic carbocycles. The van der Waals surface area contributed by atoms with Crippen molar-refractivity contribution in [1.29, 1.82) is 0 Å². The summed E-state index contributed by atoms with van der Waals surface area (Å²) in [6.45, 7) is 3.63. The fraction of sp³-hybridized carbons (Fsp3) is 0.462. The Labute approximate surface area is 127 Å². The maximum atomic E-state index is 11.5. The van der Waals surface area contributed by atoms with E-state index in [1.165, 1.54) is 19.2 Å². The Morgan fingerprint density at radius 1 is 1.52 bits per heavy atom. The minimum atomic E-state index is -0.605. The van der Waals surface area contributed by atoms with Crippen LogP contribution in [0.1, 0.15) is 19.4 Å². The van der Waals surface area contributed by atoms with Gasteiger partial charge < -0.3 is 14.8 Å². The van der Waals surface area contributed by atoms with E-state index < -0.39 is 16.9 Å². The molecule has 8 heteroatoms. The highest BCUT2D eigenvalue weighted by Gasteiger charge is 2.22. The summed E-state index contributed by atoms with van der Waals surface area (Å²) in [7, 11) is 1.42. The number of hydrogen-bond donors (Lipinski definition) is 1. The van der Waals surface area contributed by atoms with Gasteiger partial charge in [0.2, 0.25) is 0 Å². The van der Waals surface area contributed by atoms with Crippen molar-refractivity contribution in [2.75, 3.05) is 13.7 Å². The Morgan fingerprint density at radius 2 is 2.19 bits per heavy atom. The fourth-order valence-electron chi connectivity index (χ4n) is 1.69. The van der Waals surface area contributed by atoms with Gasteiger partial charge in [-0.2, -0.15) is 0 Å². The largest absolute Gasteiger partial charge is 0.495 e. The van der Waals surface area contributed by atoms with Gasteiger partial charge in [-0.25, -0.2) is 0 Å². The van der Waals surface area contributed by atoms with E-state index in [9.17, 15) is 14.9 Å². The first-order valence-corrected chi connectivity index (χ1v) is 6.69. The summed E-state index contributed by atoms with van der Waals surface area (Å²) < 4.78 is 9.89. The van der Waals surface area contributed by atoms with Crippen LogP contribution >= 0.6 is 11.6 Å². The summed E-state index contributed by atoms with van der Waals surface area (Å²) in [5.74, 6) is -0.0953. The van der Waals surface area contributed by atoms with Gasteiger partial charge >= 0.3 is 5.97 Å². The van der Waals surface area contributed by atoms with Crippen molar-refractivity contribution >= 4 is 23.3 Å². The van der Waals surface area contributed by atoms with Crippen LogP contribution in [0.4, 0.5) is 5.69 Å². The predicted octanol–water partition coefficient (Wildman–Crippen LogP) is 2.30. The first-order chi connectivity index (χ1) is 9.92. The smallest absolute Gasteiger partial charge is 0.322 e. The van der Waals surface area contributed by atoms with Crippen LogP contribution in [0.2, 0.25) is 5.02 Å². The third-order valence-electron chi connectivity index (χ3n) is 2.82. The number of hydrogen-bond acceptors (Lipinski definition) is 6. The topological polar surface area (TPSA) is 90.7 Å². The minimum Gasteiger partial charge on any atom is -0.495 e. The number of nitro groups is 1. The zero-order valence-electron chi connectivity index (χ0n) is 12.0. The van der Waals surface area contributed by atoms with Crippen molar-refractivity contribution in [3.8, 4) is 5.75 Å². The average Bonchev–Trinajstić information content (AvgIpc) is 2.45. The van der Waals surface area contributed by atoms with Gasteiger partial charge in [0, 0.05) is 12.6 Å².